The quantitative estimate of drug-likeness (QED) is 0.524. The van der Waals surface area contributed by atoms with Gasteiger partial charge in [0.25, 0.3) is 0 Å². The maximum Gasteiger partial charge on any atom is 0.331 e. The zero-order chi connectivity index (χ0) is 14.4. The fourth-order valence-electron chi connectivity index (χ4n) is 2.64. The highest BCUT2D eigenvalue weighted by atomic mass is 16.1. The number of H-pyrrole nitrogens is 1. The number of nitrogens with zero attached hydrogens (tertiary/aromatic N) is 2. The number of aromatic amines is 1. The summed E-state index contributed by atoms with van der Waals surface area (Å²) in [6, 6.07) is 15.0. The zero-order valence-electron chi connectivity index (χ0n) is 11.1. The number of hydrogen-bond acceptors (Lipinski definition) is 3. The average molecular weight is 276 g/mol. The van der Waals surface area contributed by atoms with Crippen molar-refractivity contribution in [3.05, 3.63) is 65.2 Å². The van der Waals surface area contributed by atoms with Crippen LogP contribution in [0, 0.1) is 0 Å². The molecule has 3 N–H and O–H groups in total. The number of rotatable bonds is 1. The van der Waals surface area contributed by atoms with Crippen molar-refractivity contribution >= 4 is 27.6 Å². The molecule has 2 aromatic heterocycles. The van der Waals surface area contributed by atoms with Crippen molar-refractivity contribution in [2.24, 2.45) is 0 Å². The van der Waals surface area contributed by atoms with E-state index in [2.05, 4.69) is 9.97 Å². The van der Waals surface area contributed by atoms with Crippen LogP contribution in [0.4, 0.5) is 5.69 Å². The first kappa shape index (κ1) is 11.7. The van der Waals surface area contributed by atoms with Gasteiger partial charge in [-0.05, 0) is 30.3 Å². The smallest absolute Gasteiger partial charge is 0.331 e. The number of nitrogens with one attached hydrogen (secondary N) is 1. The van der Waals surface area contributed by atoms with Gasteiger partial charge in [-0.15, -0.1) is 0 Å². The van der Waals surface area contributed by atoms with Gasteiger partial charge in [0.2, 0.25) is 0 Å². The number of pyridine rings is 1. The Morgan fingerprint density at radius 3 is 2.86 bits per heavy atom. The van der Waals surface area contributed by atoms with Gasteiger partial charge in [-0.25, -0.2) is 4.79 Å². The normalized spacial score (nSPS) is 11.2. The summed E-state index contributed by atoms with van der Waals surface area (Å²) in [7, 11) is 0. The molecular weight excluding hydrogens is 264 g/mol. The van der Waals surface area contributed by atoms with E-state index in [0.29, 0.717) is 11.2 Å². The lowest BCUT2D eigenvalue weighted by molar-refractivity contribution is 1.02. The molecule has 5 nitrogen and oxygen atoms in total. The lowest BCUT2D eigenvalue weighted by Crippen LogP contribution is -2.15. The van der Waals surface area contributed by atoms with E-state index >= 15 is 0 Å². The Kier molecular flexibility index (Phi) is 2.35. The average Bonchev–Trinajstić information content (AvgIpc) is 2.81. The van der Waals surface area contributed by atoms with Gasteiger partial charge in [-0.1, -0.05) is 18.2 Å². The van der Waals surface area contributed by atoms with Gasteiger partial charge in [0.15, 0.2) is 0 Å². The molecule has 0 saturated carbocycles. The van der Waals surface area contributed by atoms with Crippen LogP contribution < -0.4 is 11.4 Å². The van der Waals surface area contributed by atoms with Crippen LogP contribution in [-0.2, 0) is 0 Å². The fourth-order valence-corrected chi connectivity index (χ4v) is 2.64. The Hall–Kier alpha value is -3.08. The molecule has 4 aromatic rings. The first-order chi connectivity index (χ1) is 10.2. The Bertz CT molecular complexity index is 1020. The molecule has 0 bridgehead atoms. The molecule has 0 aliphatic heterocycles. The van der Waals surface area contributed by atoms with E-state index in [-0.39, 0.29) is 5.69 Å². The summed E-state index contributed by atoms with van der Waals surface area (Å²) >= 11 is 0. The number of hydrogen-bond donors (Lipinski definition) is 2. The van der Waals surface area contributed by atoms with Gasteiger partial charge in [0.05, 0.1) is 22.2 Å². The molecular formula is C16H12N4O. The minimum atomic E-state index is -0.200. The third-order valence-electron chi connectivity index (χ3n) is 3.56. The lowest BCUT2D eigenvalue weighted by atomic mass is 10.2. The summed E-state index contributed by atoms with van der Waals surface area (Å²) in [5.41, 5.74) is 9.24. The SMILES string of the molecule is Nc1ccc2c(c1)[nH]c(=O)n2-c1cccc2cccnc12. The maximum absolute atomic E-state index is 12.3. The van der Waals surface area contributed by atoms with Crippen LogP contribution in [0.5, 0.6) is 0 Å². The van der Waals surface area contributed by atoms with Crippen LogP contribution >= 0.6 is 0 Å². The molecule has 2 aromatic carbocycles. The standard InChI is InChI=1S/C16H12N4O/c17-11-6-7-13-12(9-11)19-16(21)20(13)14-5-1-3-10-4-2-8-18-15(10)14/h1-9H,17H2,(H,19,21). The molecule has 0 aliphatic carbocycles. The van der Waals surface area contributed by atoms with E-state index in [4.69, 9.17) is 5.73 Å². The lowest BCUT2D eigenvalue weighted by Gasteiger charge is -2.07. The van der Waals surface area contributed by atoms with E-state index in [9.17, 15) is 4.79 Å². The first-order valence-electron chi connectivity index (χ1n) is 6.58. The highest BCUT2D eigenvalue weighted by molar-refractivity contribution is 5.89. The Morgan fingerprint density at radius 1 is 1.10 bits per heavy atom. The van der Waals surface area contributed by atoms with Crippen molar-refractivity contribution in [3.63, 3.8) is 0 Å². The van der Waals surface area contributed by atoms with Crippen molar-refractivity contribution in [2.45, 2.75) is 0 Å². The molecule has 21 heavy (non-hydrogen) atoms. The molecule has 0 amide bonds. The van der Waals surface area contributed by atoms with Crippen molar-refractivity contribution in [2.75, 3.05) is 5.73 Å². The summed E-state index contributed by atoms with van der Waals surface area (Å²) in [5, 5.41) is 0.992. The molecule has 0 aliphatic rings. The largest absolute Gasteiger partial charge is 0.399 e. The van der Waals surface area contributed by atoms with E-state index in [0.717, 1.165) is 22.1 Å². The van der Waals surface area contributed by atoms with Crippen LogP contribution in [-0.4, -0.2) is 14.5 Å². The second-order valence-electron chi connectivity index (χ2n) is 4.89. The minimum Gasteiger partial charge on any atom is -0.399 e. The van der Waals surface area contributed by atoms with E-state index in [1.807, 2.05) is 36.4 Å². The Morgan fingerprint density at radius 2 is 1.95 bits per heavy atom. The number of fused-ring (bicyclic) bond motifs is 2. The van der Waals surface area contributed by atoms with Crippen molar-refractivity contribution in [3.8, 4) is 5.69 Å². The van der Waals surface area contributed by atoms with Crippen LogP contribution in [0.25, 0.3) is 27.6 Å². The summed E-state index contributed by atoms with van der Waals surface area (Å²) in [5.74, 6) is 0. The molecule has 0 unspecified atom stereocenters. The fraction of sp³-hybridized carbons (Fsp3) is 0. The third-order valence-corrected chi connectivity index (χ3v) is 3.56. The Balaban J connectivity index is 2.14. The molecule has 0 fully saturated rings. The van der Waals surface area contributed by atoms with Crippen LogP contribution in [0.2, 0.25) is 0 Å². The zero-order valence-corrected chi connectivity index (χ0v) is 11.1. The summed E-state index contributed by atoms with van der Waals surface area (Å²) in [6.07, 6.45) is 1.73. The van der Waals surface area contributed by atoms with Gasteiger partial charge in [0, 0.05) is 17.3 Å². The van der Waals surface area contributed by atoms with E-state index in [1.165, 1.54) is 0 Å². The van der Waals surface area contributed by atoms with Crippen LogP contribution in [0.15, 0.2) is 59.5 Å². The molecule has 0 saturated heterocycles. The van der Waals surface area contributed by atoms with Gasteiger partial charge >= 0.3 is 5.69 Å². The van der Waals surface area contributed by atoms with E-state index < -0.39 is 0 Å². The van der Waals surface area contributed by atoms with Crippen LogP contribution in [0.3, 0.4) is 0 Å². The molecule has 0 spiro atoms. The summed E-state index contributed by atoms with van der Waals surface area (Å²) in [6.45, 7) is 0. The summed E-state index contributed by atoms with van der Waals surface area (Å²) < 4.78 is 1.63. The van der Waals surface area contributed by atoms with Gasteiger partial charge < -0.3 is 10.7 Å². The molecule has 4 rings (SSSR count). The maximum atomic E-state index is 12.3. The van der Waals surface area contributed by atoms with Crippen LogP contribution in [0.1, 0.15) is 0 Å². The second-order valence-corrected chi connectivity index (χ2v) is 4.89. The van der Waals surface area contributed by atoms with Crippen molar-refractivity contribution in [1.29, 1.82) is 0 Å². The number of aromatic nitrogens is 3. The number of para-hydroxylation sites is 1. The molecule has 0 atom stereocenters. The monoisotopic (exact) mass is 276 g/mol. The van der Waals surface area contributed by atoms with Gasteiger partial charge in [0.1, 0.15) is 0 Å². The predicted molar refractivity (Wildman–Crippen MR) is 83.6 cm³/mol. The molecule has 102 valence electrons. The Labute approximate surface area is 119 Å². The third kappa shape index (κ3) is 1.71. The molecule has 0 radical (unpaired) electrons. The number of nitrogen functional groups attached to an aromatic ring is 1. The summed E-state index contributed by atoms with van der Waals surface area (Å²) in [4.78, 5) is 19.6. The second kappa shape index (κ2) is 4.21. The molecule has 5 heteroatoms. The van der Waals surface area contributed by atoms with Gasteiger partial charge in [-0.3, -0.25) is 9.55 Å². The van der Waals surface area contributed by atoms with E-state index in [1.54, 1.807) is 22.9 Å². The minimum absolute atomic E-state index is 0.200. The number of nitrogens with two attached hydrogens (primary N) is 1. The number of imidazole rings is 1. The number of anilines is 1. The number of benzene rings is 2. The topological polar surface area (TPSA) is 76.7 Å². The molecule has 2 heterocycles. The first-order valence-corrected chi connectivity index (χ1v) is 6.58. The highest BCUT2D eigenvalue weighted by Crippen LogP contribution is 2.23. The van der Waals surface area contributed by atoms with Crippen molar-refractivity contribution < 1.29 is 0 Å². The van der Waals surface area contributed by atoms with Gasteiger partial charge in [-0.2, -0.15) is 0 Å². The van der Waals surface area contributed by atoms with Crippen molar-refractivity contribution in [1.82, 2.24) is 14.5 Å². The highest BCUT2D eigenvalue weighted by Gasteiger charge is 2.11. The predicted octanol–water partition coefficient (Wildman–Crippen LogP) is 2.45.